The van der Waals surface area contributed by atoms with Crippen LogP contribution in [0, 0.1) is 11.8 Å². The number of alkyl halides is 3. The molecule has 0 bridgehead atoms. The van der Waals surface area contributed by atoms with E-state index < -0.39 is 12.1 Å². The Bertz CT molecular complexity index is 195. The molecular weight excluding hydrogens is 229 g/mol. The van der Waals surface area contributed by atoms with Crippen LogP contribution in [-0.2, 0) is 4.74 Å². The van der Waals surface area contributed by atoms with E-state index in [0.29, 0.717) is 25.4 Å². The van der Waals surface area contributed by atoms with Gasteiger partial charge in [0.15, 0.2) is 0 Å². The number of rotatable bonds is 6. The zero-order chi connectivity index (χ0) is 12.7. The first-order chi connectivity index (χ1) is 8.04. The van der Waals surface area contributed by atoms with Gasteiger partial charge in [0.2, 0.25) is 0 Å². The summed E-state index contributed by atoms with van der Waals surface area (Å²) < 4.78 is 42.8. The maximum absolute atomic E-state index is 12.4. The Balaban J connectivity index is 2.07. The molecule has 4 heteroatoms. The summed E-state index contributed by atoms with van der Waals surface area (Å²) in [4.78, 5) is 0. The minimum atomic E-state index is -3.99. The molecule has 0 aliphatic heterocycles. The lowest BCUT2D eigenvalue weighted by Gasteiger charge is -2.29. The van der Waals surface area contributed by atoms with Crippen molar-refractivity contribution in [3.63, 3.8) is 0 Å². The number of hydrogen-bond donors (Lipinski definition) is 0. The molecule has 0 atom stereocenters. The standard InChI is InChI=1S/C13H23F3O/c1-2-3-4-9-17-10-11-5-7-12(8-6-11)13(14,15)16/h11-12H,2-10H2,1H3. The summed E-state index contributed by atoms with van der Waals surface area (Å²) in [6, 6.07) is 0. The molecule has 0 unspecified atom stereocenters. The Morgan fingerprint density at radius 3 is 2.24 bits per heavy atom. The molecule has 1 fully saturated rings. The number of hydrogen-bond acceptors (Lipinski definition) is 1. The molecule has 1 aliphatic carbocycles. The van der Waals surface area contributed by atoms with E-state index in [4.69, 9.17) is 4.74 Å². The molecule has 0 aromatic heterocycles. The lowest BCUT2D eigenvalue weighted by Crippen LogP contribution is -2.29. The normalized spacial score (nSPS) is 26.1. The van der Waals surface area contributed by atoms with Gasteiger partial charge in [-0.25, -0.2) is 0 Å². The molecule has 0 heterocycles. The largest absolute Gasteiger partial charge is 0.391 e. The van der Waals surface area contributed by atoms with Gasteiger partial charge < -0.3 is 4.74 Å². The van der Waals surface area contributed by atoms with Gasteiger partial charge in [0.05, 0.1) is 5.92 Å². The quantitative estimate of drug-likeness (QED) is 0.629. The molecule has 102 valence electrons. The Labute approximate surface area is 102 Å². The first-order valence-electron chi connectivity index (χ1n) is 6.68. The van der Waals surface area contributed by atoms with Crippen LogP contribution in [0.3, 0.4) is 0 Å². The lowest BCUT2D eigenvalue weighted by atomic mass is 9.82. The van der Waals surface area contributed by atoms with E-state index in [-0.39, 0.29) is 12.8 Å². The van der Waals surface area contributed by atoms with Crippen molar-refractivity contribution in [1.82, 2.24) is 0 Å². The van der Waals surface area contributed by atoms with Crippen LogP contribution in [0.15, 0.2) is 0 Å². The van der Waals surface area contributed by atoms with Crippen molar-refractivity contribution in [2.75, 3.05) is 13.2 Å². The smallest absolute Gasteiger partial charge is 0.381 e. The van der Waals surface area contributed by atoms with E-state index in [1.807, 2.05) is 0 Å². The van der Waals surface area contributed by atoms with Gasteiger partial charge in [0, 0.05) is 13.2 Å². The third kappa shape index (κ3) is 5.75. The van der Waals surface area contributed by atoms with Crippen LogP contribution in [-0.4, -0.2) is 19.4 Å². The molecule has 1 nitrogen and oxygen atoms in total. The molecule has 0 saturated heterocycles. The maximum atomic E-state index is 12.4. The second-order valence-corrected chi connectivity index (χ2v) is 5.04. The molecular formula is C13H23F3O. The van der Waals surface area contributed by atoms with Crippen LogP contribution in [0.2, 0.25) is 0 Å². The number of unbranched alkanes of at least 4 members (excludes halogenated alkanes) is 2. The van der Waals surface area contributed by atoms with Gasteiger partial charge in [-0.3, -0.25) is 0 Å². The third-order valence-corrected chi connectivity index (χ3v) is 3.56. The van der Waals surface area contributed by atoms with Crippen molar-refractivity contribution in [3.05, 3.63) is 0 Å². The summed E-state index contributed by atoms with van der Waals surface area (Å²) in [5.41, 5.74) is 0. The molecule has 0 N–H and O–H groups in total. The van der Waals surface area contributed by atoms with Crippen LogP contribution in [0.1, 0.15) is 51.9 Å². The molecule has 17 heavy (non-hydrogen) atoms. The minimum absolute atomic E-state index is 0.284. The first kappa shape index (κ1) is 14.8. The predicted molar refractivity (Wildman–Crippen MR) is 61.8 cm³/mol. The van der Waals surface area contributed by atoms with E-state index in [2.05, 4.69) is 6.92 Å². The summed E-state index contributed by atoms with van der Waals surface area (Å²) in [5.74, 6) is -0.728. The van der Waals surface area contributed by atoms with Gasteiger partial charge in [-0.15, -0.1) is 0 Å². The van der Waals surface area contributed by atoms with Crippen LogP contribution < -0.4 is 0 Å². The van der Waals surface area contributed by atoms with E-state index in [9.17, 15) is 13.2 Å². The molecule has 1 rings (SSSR count). The van der Waals surface area contributed by atoms with Crippen molar-refractivity contribution in [3.8, 4) is 0 Å². The second kappa shape index (κ2) is 7.24. The molecule has 1 saturated carbocycles. The fourth-order valence-corrected chi connectivity index (χ4v) is 2.36. The highest BCUT2D eigenvalue weighted by molar-refractivity contribution is 4.76. The van der Waals surface area contributed by atoms with Gasteiger partial charge in [-0.05, 0) is 38.0 Å². The molecule has 1 aliphatic rings. The van der Waals surface area contributed by atoms with E-state index in [0.717, 1.165) is 13.0 Å². The molecule has 0 amide bonds. The Hall–Kier alpha value is -0.250. The van der Waals surface area contributed by atoms with Gasteiger partial charge >= 0.3 is 6.18 Å². The van der Waals surface area contributed by atoms with Crippen molar-refractivity contribution < 1.29 is 17.9 Å². The average Bonchev–Trinajstić information content (AvgIpc) is 2.28. The highest BCUT2D eigenvalue weighted by Gasteiger charge is 2.41. The number of ether oxygens (including phenoxy) is 1. The monoisotopic (exact) mass is 252 g/mol. The Kier molecular flexibility index (Phi) is 6.31. The van der Waals surface area contributed by atoms with Gasteiger partial charge in [0.25, 0.3) is 0 Å². The fourth-order valence-electron chi connectivity index (χ4n) is 2.36. The first-order valence-corrected chi connectivity index (χ1v) is 6.68. The van der Waals surface area contributed by atoms with Crippen molar-refractivity contribution >= 4 is 0 Å². The molecule has 0 aromatic carbocycles. The molecule has 0 radical (unpaired) electrons. The summed E-state index contributed by atoms with van der Waals surface area (Å²) in [5, 5.41) is 0. The van der Waals surface area contributed by atoms with Gasteiger partial charge in [-0.1, -0.05) is 19.8 Å². The summed E-state index contributed by atoms with van der Waals surface area (Å²) in [6.45, 7) is 3.54. The lowest BCUT2D eigenvalue weighted by molar-refractivity contribution is -0.184. The summed E-state index contributed by atoms with van der Waals surface area (Å²) in [6.07, 6.45) is 1.30. The zero-order valence-electron chi connectivity index (χ0n) is 10.6. The van der Waals surface area contributed by atoms with Crippen LogP contribution in [0.4, 0.5) is 13.2 Å². The SMILES string of the molecule is CCCCCOCC1CCC(C(F)(F)F)CC1. The predicted octanol–water partition coefficient (Wildman–Crippen LogP) is 4.56. The van der Waals surface area contributed by atoms with Gasteiger partial charge in [-0.2, -0.15) is 13.2 Å². The third-order valence-electron chi connectivity index (χ3n) is 3.56. The Morgan fingerprint density at radius 2 is 1.71 bits per heavy atom. The molecule has 0 aromatic rings. The van der Waals surface area contributed by atoms with Crippen LogP contribution in [0.5, 0.6) is 0 Å². The van der Waals surface area contributed by atoms with Gasteiger partial charge in [0.1, 0.15) is 0 Å². The second-order valence-electron chi connectivity index (χ2n) is 5.04. The Morgan fingerprint density at radius 1 is 1.06 bits per heavy atom. The van der Waals surface area contributed by atoms with Crippen LogP contribution >= 0.6 is 0 Å². The topological polar surface area (TPSA) is 9.23 Å². The van der Waals surface area contributed by atoms with Crippen molar-refractivity contribution in [2.45, 2.75) is 58.0 Å². The highest BCUT2D eigenvalue weighted by Crippen LogP contribution is 2.39. The highest BCUT2D eigenvalue weighted by atomic mass is 19.4. The molecule has 0 spiro atoms. The number of halogens is 3. The average molecular weight is 252 g/mol. The fraction of sp³-hybridized carbons (Fsp3) is 1.00. The van der Waals surface area contributed by atoms with E-state index in [1.54, 1.807) is 0 Å². The maximum Gasteiger partial charge on any atom is 0.391 e. The van der Waals surface area contributed by atoms with Crippen molar-refractivity contribution in [2.24, 2.45) is 11.8 Å². The summed E-state index contributed by atoms with van der Waals surface area (Å²) in [7, 11) is 0. The van der Waals surface area contributed by atoms with E-state index in [1.165, 1.54) is 12.8 Å². The minimum Gasteiger partial charge on any atom is -0.381 e. The van der Waals surface area contributed by atoms with E-state index >= 15 is 0 Å². The van der Waals surface area contributed by atoms with Crippen LogP contribution in [0.25, 0.3) is 0 Å². The summed E-state index contributed by atoms with van der Waals surface area (Å²) >= 11 is 0. The zero-order valence-corrected chi connectivity index (χ0v) is 10.6. The van der Waals surface area contributed by atoms with Crippen molar-refractivity contribution in [1.29, 1.82) is 0 Å².